The van der Waals surface area contributed by atoms with E-state index in [9.17, 15) is 4.39 Å². The van der Waals surface area contributed by atoms with E-state index < -0.39 is 0 Å². The zero-order chi connectivity index (χ0) is 14.1. The van der Waals surface area contributed by atoms with Gasteiger partial charge in [-0.25, -0.2) is 9.37 Å². The van der Waals surface area contributed by atoms with Crippen LogP contribution in [-0.4, -0.2) is 19.1 Å². The monoisotopic (exact) mass is 291 g/mol. The second-order valence-electron chi connectivity index (χ2n) is 5.05. The minimum atomic E-state index is -0.215. The van der Waals surface area contributed by atoms with Gasteiger partial charge in [-0.3, -0.25) is 0 Å². The fraction of sp³-hybridized carbons (Fsp3) is 0.400. The van der Waals surface area contributed by atoms with Crippen LogP contribution >= 0.6 is 11.3 Å². The molecule has 0 fully saturated rings. The number of benzene rings is 1. The van der Waals surface area contributed by atoms with Crippen molar-refractivity contribution in [2.24, 2.45) is 0 Å². The van der Waals surface area contributed by atoms with Gasteiger partial charge in [-0.2, -0.15) is 0 Å². The molecule has 1 atom stereocenters. The Labute approximate surface area is 122 Å². The second kappa shape index (κ2) is 5.50. The molecule has 1 aromatic heterocycles. The van der Waals surface area contributed by atoms with E-state index in [0.717, 1.165) is 24.4 Å². The van der Waals surface area contributed by atoms with E-state index in [2.05, 4.69) is 5.32 Å². The number of hydrogen-bond acceptors (Lipinski definition) is 4. The van der Waals surface area contributed by atoms with Gasteiger partial charge in [0.25, 0.3) is 0 Å². The molecule has 20 heavy (non-hydrogen) atoms. The fourth-order valence-corrected chi connectivity index (χ4v) is 3.88. The Balaban J connectivity index is 1.95. The van der Waals surface area contributed by atoms with Crippen molar-refractivity contribution in [1.82, 2.24) is 10.3 Å². The number of aryl methyl sites for hydroxylation is 1. The lowest BCUT2D eigenvalue weighted by molar-refractivity contribution is 0.501. The molecule has 0 spiro atoms. The molecule has 1 aliphatic rings. The summed E-state index contributed by atoms with van der Waals surface area (Å²) in [5, 5.41) is 4.20. The molecule has 1 N–H and O–H groups in total. The van der Waals surface area contributed by atoms with Crippen molar-refractivity contribution in [2.75, 3.05) is 19.0 Å². The number of aromatic nitrogens is 1. The third-order valence-electron chi connectivity index (χ3n) is 3.79. The van der Waals surface area contributed by atoms with Crippen molar-refractivity contribution >= 4 is 22.2 Å². The molecule has 2 aromatic rings. The molecular formula is C15H18FN3S. The molecule has 5 heteroatoms. The van der Waals surface area contributed by atoms with E-state index in [-0.39, 0.29) is 5.82 Å². The number of hydrogen-bond donors (Lipinski definition) is 1. The first-order valence-corrected chi connectivity index (χ1v) is 7.67. The fourth-order valence-electron chi connectivity index (χ4n) is 2.65. The molecule has 0 saturated heterocycles. The number of halogens is 1. The van der Waals surface area contributed by atoms with Crippen LogP contribution in [0.5, 0.6) is 0 Å². The van der Waals surface area contributed by atoms with Gasteiger partial charge in [0.2, 0.25) is 0 Å². The van der Waals surface area contributed by atoms with Gasteiger partial charge in [-0.1, -0.05) is 23.5 Å². The van der Waals surface area contributed by atoms with Crippen molar-refractivity contribution in [3.8, 4) is 0 Å². The Hall–Kier alpha value is -1.46. The molecule has 1 aliphatic carbocycles. The molecule has 1 aromatic carbocycles. The van der Waals surface area contributed by atoms with Crippen LogP contribution in [0.25, 0.3) is 0 Å². The predicted octanol–water partition coefficient (Wildman–Crippen LogP) is 3.65. The van der Waals surface area contributed by atoms with Crippen LogP contribution in [0.1, 0.15) is 29.5 Å². The summed E-state index contributed by atoms with van der Waals surface area (Å²) >= 11 is 1.67. The average Bonchev–Trinajstić information content (AvgIpc) is 2.91. The van der Waals surface area contributed by atoms with Gasteiger partial charge in [0, 0.05) is 18.0 Å². The van der Waals surface area contributed by atoms with Crippen molar-refractivity contribution in [1.29, 1.82) is 0 Å². The number of nitrogens with one attached hydrogen (secondary N) is 1. The Morgan fingerprint density at radius 2 is 2.20 bits per heavy atom. The summed E-state index contributed by atoms with van der Waals surface area (Å²) in [5.74, 6) is -0.215. The first-order chi connectivity index (χ1) is 9.70. The van der Waals surface area contributed by atoms with Gasteiger partial charge in [0.05, 0.1) is 11.4 Å². The van der Waals surface area contributed by atoms with Gasteiger partial charge in [0.1, 0.15) is 5.82 Å². The Morgan fingerprint density at radius 3 is 2.95 bits per heavy atom. The quantitative estimate of drug-likeness (QED) is 0.935. The van der Waals surface area contributed by atoms with E-state index in [4.69, 9.17) is 4.98 Å². The zero-order valence-corrected chi connectivity index (χ0v) is 12.5. The molecule has 1 unspecified atom stereocenters. The second-order valence-corrected chi connectivity index (χ2v) is 6.06. The Bertz CT molecular complexity index is 611. The lowest BCUT2D eigenvalue weighted by Gasteiger charge is -2.19. The number of thiazole rings is 1. The van der Waals surface area contributed by atoms with Crippen LogP contribution in [0.15, 0.2) is 24.3 Å². The normalized spacial score (nSPS) is 17.9. The minimum absolute atomic E-state index is 0.215. The summed E-state index contributed by atoms with van der Waals surface area (Å²) in [7, 11) is 3.86. The predicted molar refractivity (Wildman–Crippen MR) is 81.3 cm³/mol. The van der Waals surface area contributed by atoms with Crippen LogP contribution in [0.4, 0.5) is 15.2 Å². The highest BCUT2D eigenvalue weighted by atomic mass is 32.1. The number of rotatable bonds is 3. The third-order valence-corrected chi connectivity index (χ3v) is 5.08. The summed E-state index contributed by atoms with van der Waals surface area (Å²) in [6, 6.07) is 7.20. The Morgan fingerprint density at radius 1 is 1.40 bits per heavy atom. The molecule has 0 aliphatic heterocycles. The summed E-state index contributed by atoms with van der Waals surface area (Å²) < 4.78 is 13.9. The number of para-hydroxylation sites is 1. The van der Waals surface area contributed by atoms with Crippen LogP contribution in [0.3, 0.4) is 0 Å². The van der Waals surface area contributed by atoms with Gasteiger partial charge in [0.15, 0.2) is 5.13 Å². The highest BCUT2D eigenvalue weighted by molar-refractivity contribution is 7.15. The zero-order valence-electron chi connectivity index (χ0n) is 11.7. The standard InChI is InChI=1S/C15H18FN3S/c1-17-11-7-5-8-12-14(11)20-15(18-12)19(2)13-9-4-3-6-10(13)16/h3-4,6,9,11,17H,5,7-8H2,1-2H3. The maximum Gasteiger partial charge on any atom is 0.190 e. The topological polar surface area (TPSA) is 28.2 Å². The number of anilines is 2. The molecule has 0 radical (unpaired) electrons. The van der Waals surface area contributed by atoms with E-state index in [1.807, 2.05) is 25.1 Å². The van der Waals surface area contributed by atoms with E-state index >= 15 is 0 Å². The lowest BCUT2D eigenvalue weighted by Crippen LogP contribution is -2.19. The number of fused-ring (bicyclic) bond motifs is 1. The van der Waals surface area contributed by atoms with Crippen molar-refractivity contribution in [3.05, 3.63) is 40.7 Å². The van der Waals surface area contributed by atoms with Crippen LogP contribution in [0, 0.1) is 5.82 Å². The molecule has 0 saturated carbocycles. The smallest absolute Gasteiger partial charge is 0.190 e. The minimum Gasteiger partial charge on any atom is -0.318 e. The van der Waals surface area contributed by atoms with Crippen LogP contribution in [-0.2, 0) is 6.42 Å². The lowest BCUT2D eigenvalue weighted by atomic mass is 9.98. The van der Waals surface area contributed by atoms with Crippen molar-refractivity contribution in [2.45, 2.75) is 25.3 Å². The average molecular weight is 291 g/mol. The molecule has 0 bridgehead atoms. The van der Waals surface area contributed by atoms with Crippen LogP contribution in [0.2, 0.25) is 0 Å². The molecule has 1 heterocycles. The molecule has 106 valence electrons. The van der Waals surface area contributed by atoms with Crippen LogP contribution < -0.4 is 10.2 Å². The first-order valence-electron chi connectivity index (χ1n) is 6.86. The Kier molecular flexibility index (Phi) is 3.72. The molecule has 3 rings (SSSR count). The van der Waals surface area contributed by atoms with E-state index in [1.54, 1.807) is 23.5 Å². The molecule has 0 amide bonds. The summed E-state index contributed by atoms with van der Waals surface area (Å²) in [5.41, 5.74) is 1.73. The molecular weight excluding hydrogens is 273 g/mol. The highest BCUT2D eigenvalue weighted by Crippen LogP contribution is 2.39. The summed E-state index contributed by atoms with van der Waals surface area (Å²) in [4.78, 5) is 7.85. The largest absolute Gasteiger partial charge is 0.318 e. The van der Waals surface area contributed by atoms with Gasteiger partial charge in [-0.15, -0.1) is 0 Å². The maximum atomic E-state index is 13.9. The SMILES string of the molecule is CNC1CCCc2nc(N(C)c3ccccc3F)sc21. The highest BCUT2D eigenvalue weighted by Gasteiger charge is 2.25. The summed E-state index contributed by atoms with van der Waals surface area (Å²) in [6.45, 7) is 0. The maximum absolute atomic E-state index is 13.9. The van der Waals surface area contributed by atoms with Gasteiger partial charge >= 0.3 is 0 Å². The van der Waals surface area contributed by atoms with Crippen molar-refractivity contribution in [3.63, 3.8) is 0 Å². The van der Waals surface area contributed by atoms with Gasteiger partial charge < -0.3 is 10.2 Å². The van der Waals surface area contributed by atoms with E-state index in [0.29, 0.717) is 11.7 Å². The first kappa shape index (κ1) is 13.5. The van der Waals surface area contributed by atoms with E-state index in [1.165, 1.54) is 16.6 Å². The van der Waals surface area contributed by atoms with Crippen molar-refractivity contribution < 1.29 is 4.39 Å². The third kappa shape index (κ3) is 2.31. The molecule has 3 nitrogen and oxygen atoms in total. The van der Waals surface area contributed by atoms with Gasteiger partial charge in [-0.05, 0) is 38.4 Å². The number of nitrogens with zero attached hydrogens (tertiary/aromatic N) is 2. The summed E-state index contributed by atoms with van der Waals surface area (Å²) in [6.07, 6.45) is 3.33.